The number of esters is 1. The second kappa shape index (κ2) is 8.17. The van der Waals surface area contributed by atoms with Crippen LogP contribution < -0.4 is 4.90 Å². The number of aromatic nitrogens is 5. The molecule has 1 saturated heterocycles. The maximum Gasteiger partial charge on any atom is 0.337 e. The van der Waals surface area contributed by atoms with Crippen LogP contribution in [0.4, 0.5) is 5.13 Å². The van der Waals surface area contributed by atoms with Crippen molar-refractivity contribution in [2.75, 3.05) is 31.8 Å². The first-order chi connectivity index (χ1) is 16.9. The molecule has 0 spiro atoms. The number of carbonyl (C=O) groups excluding carboxylic acids is 1. The first-order valence-corrected chi connectivity index (χ1v) is 12.6. The third-order valence-corrected chi connectivity index (χ3v) is 8.24. The van der Waals surface area contributed by atoms with Gasteiger partial charge in [0.05, 0.1) is 42.5 Å². The van der Waals surface area contributed by atoms with E-state index in [0.29, 0.717) is 18.8 Å². The van der Waals surface area contributed by atoms with Crippen molar-refractivity contribution in [1.82, 2.24) is 24.3 Å². The number of benzene rings is 1. The molecule has 0 radical (unpaired) electrons. The number of ether oxygens (including phenoxy) is 2. The molecule has 35 heavy (non-hydrogen) atoms. The normalized spacial score (nSPS) is 19.0. The topological polar surface area (TPSA) is 87.3 Å². The van der Waals surface area contributed by atoms with E-state index in [0.717, 1.165) is 51.8 Å². The molecule has 3 aromatic heterocycles. The third kappa shape index (κ3) is 3.63. The molecule has 0 saturated carbocycles. The second-order valence-electron chi connectivity index (χ2n) is 9.90. The number of fused-ring (bicyclic) bond motifs is 4. The molecular formula is C25H28N6O3S. The number of anilines is 1. The van der Waals surface area contributed by atoms with Gasteiger partial charge in [-0.2, -0.15) is 0 Å². The summed E-state index contributed by atoms with van der Waals surface area (Å²) >= 11 is 1.69. The molecule has 0 unspecified atom stereocenters. The van der Waals surface area contributed by atoms with Gasteiger partial charge in [0.1, 0.15) is 6.33 Å². The zero-order chi connectivity index (χ0) is 24.3. The molecule has 182 valence electrons. The highest BCUT2D eigenvalue weighted by Gasteiger charge is 2.36. The molecule has 4 aromatic rings. The summed E-state index contributed by atoms with van der Waals surface area (Å²) in [4.78, 5) is 20.7. The molecule has 2 aliphatic rings. The summed E-state index contributed by atoms with van der Waals surface area (Å²) < 4.78 is 15.1. The number of morpholine rings is 1. The van der Waals surface area contributed by atoms with Crippen LogP contribution in [0.15, 0.2) is 30.7 Å². The summed E-state index contributed by atoms with van der Waals surface area (Å²) in [6, 6.07) is 5.86. The largest absolute Gasteiger partial charge is 0.465 e. The summed E-state index contributed by atoms with van der Waals surface area (Å²) in [5.41, 5.74) is 3.80. The Morgan fingerprint density at radius 3 is 3.03 bits per heavy atom. The molecule has 0 amide bonds. The van der Waals surface area contributed by atoms with Crippen molar-refractivity contribution in [3.63, 3.8) is 0 Å². The van der Waals surface area contributed by atoms with Crippen molar-refractivity contribution in [3.8, 4) is 10.7 Å². The highest BCUT2D eigenvalue weighted by molar-refractivity contribution is 7.19. The van der Waals surface area contributed by atoms with Crippen molar-refractivity contribution in [1.29, 1.82) is 0 Å². The van der Waals surface area contributed by atoms with Gasteiger partial charge in [-0.05, 0) is 44.0 Å². The summed E-state index contributed by atoms with van der Waals surface area (Å²) in [6.45, 7) is 6.47. The number of rotatable bonds is 4. The van der Waals surface area contributed by atoms with Gasteiger partial charge in [-0.25, -0.2) is 9.78 Å². The van der Waals surface area contributed by atoms with Gasteiger partial charge in [-0.3, -0.25) is 0 Å². The number of nitrogens with zero attached hydrogens (tertiary/aromatic N) is 6. The smallest absolute Gasteiger partial charge is 0.337 e. The van der Waals surface area contributed by atoms with Crippen LogP contribution in [0, 0.1) is 0 Å². The number of methoxy groups -OCH3 is 1. The van der Waals surface area contributed by atoms with E-state index in [9.17, 15) is 4.79 Å². The number of hydrogen-bond acceptors (Lipinski definition) is 8. The molecule has 2 aliphatic heterocycles. The minimum absolute atomic E-state index is 0.109. The molecule has 1 atom stereocenters. The van der Waals surface area contributed by atoms with Crippen molar-refractivity contribution in [2.24, 2.45) is 7.05 Å². The second-order valence-corrected chi connectivity index (χ2v) is 10.9. The molecule has 10 heteroatoms. The summed E-state index contributed by atoms with van der Waals surface area (Å²) in [5, 5.41) is 10.6. The quantitative estimate of drug-likeness (QED) is 0.404. The number of aryl methyl sites for hydroxylation is 1. The van der Waals surface area contributed by atoms with Crippen LogP contribution in [0.2, 0.25) is 0 Å². The van der Waals surface area contributed by atoms with Crippen LogP contribution in [-0.4, -0.2) is 63.2 Å². The lowest BCUT2D eigenvalue weighted by Gasteiger charge is -2.35. The predicted molar refractivity (Wildman–Crippen MR) is 134 cm³/mol. The van der Waals surface area contributed by atoms with E-state index in [-0.39, 0.29) is 17.6 Å². The SMILES string of the molecule is COC(=O)c1ccc2c(c1)c(C[C@H]1COCCN1c1nc3c(s1)-c1nncn1C(C)(C)C3)cn2C. The van der Waals surface area contributed by atoms with E-state index in [1.165, 1.54) is 12.7 Å². The standard InChI is InChI=1S/C25H28N6O3S/c1-25(2)11-19-21(22-28-26-14-31(22)25)35-24(27-19)30-7-8-34-13-17(30)9-16-12-29(3)20-6-5-15(10-18(16)20)23(32)33-4/h5-6,10,12,14,17H,7-9,11,13H2,1-4H3/t17-/m0/s1. The molecule has 1 fully saturated rings. The van der Waals surface area contributed by atoms with E-state index in [2.05, 4.69) is 44.3 Å². The molecule has 0 aliphatic carbocycles. The Kier molecular flexibility index (Phi) is 5.19. The number of hydrogen-bond donors (Lipinski definition) is 0. The summed E-state index contributed by atoms with van der Waals surface area (Å²) in [5.74, 6) is 0.572. The van der Waals surface area contributed by atoms with E-state index in [1.54, 1.807) is 11.3 Å². The highest BCUT2D eigenvalue weighted by atomic mass is 32.1. The maximum atomic E-state index is 12.1. The van der Waals surface area contributed by atoms with Gasteiger partial charge in [-0.15, -0.1) is 10.2 Å². The minimum atomic E-state index is -0.325. The van der Waals surface area contributed by atoms with Gasteiger partial charge in [-0.1, -0.05) is 11.3 Å². The number of thiazole rings is 1. The van der Waals surface area contributed by atoms with Crippen LogP contribution in [-0.2, 0) is 34.9 Å². The molecule has 9 nitrogen and oxygen atoms in total. The Balaban J connectivity index is 1.35. The average molecular weight is 493 g/mol. The molecule has 5 heterocycles. The highest BCUT2D eigenvalue weighted by Crippen LogP contribution is 2.42. The van der Waals surface area contributed by atoms with Gasteiger partial charge in [0.25, 0.3) is 0 Å². The van der Waals surface area contributed by atoms with Gasteiger partial charge in [0.2, 0.25) is 0 Å². The Bertz CT molecular complexity index is 1430. The Hall–Kier alpha value is -3.24. The fourth-order valence-electron chi connectivity index (χ4n) is 5.30. The molecule has 0 N–H and O–H groups in total. The molecule has 1 aromatic carbocycles. The maximum absolute atomic E-state index is 12.1. The van der Waals surface area contributed by atoms with Crippen molar-refractivity contribution in [2.45, 2.75) is 38.3 Å². The van der Waals surface area contributed by atoms with E-state index >= 15 is 0 Å². The van der Waals surface area contributed by atoms with Gasteiger partial charge < -0.3 is 23.5 Å². The van der Waals surface area contributed by atoms with E-state index < -0.39 is 0 Å². The van der Waals surface area contributed by atoms with Crippen molar-refractivity contribution >= 4 is 33.3 Å². The van der Waals surface area contributed by atoms with Crippen LogP contribution in [0.1, 0.15) is 35.5 Å². The lowest BCUT2D eigenvalue weighted by atomic mass is 9.94. The monoisotopic (exact) mass is 492 g/mol. The van der Waals surface area contributed by atoms with Crippen LogP contribution in [0.5, 0.6) is 0 Å². The lowest BCUT2D eigenvalue weighted by molar-refractivity contribution is 0.0601. The first-order valence-electron chi connectivity index (χ1n) is 11.8. The Morgan fingerprint density at radius 2 is 2.20 bits per heavy atom. The lowest BCUT2D eigenvalue weighted by Crippen LogP contribution is -2.46. The zero-order valence-electron chi connectivity index (χ0n) is 20.3. The molecule has 6 rings (SSSR count). The summed E-state index contributed by atoms with van der Waals surface area (Å²) in [6.07, 6.45) is 5.60. The van der Waals surface area contributed by atoms with Gasteiger partial charge >= 0.3 is 5.97 Å². The van der Waals surface area contributed by atoms with Crippen LogP contribution in [0.3, 0.4) is 0 Å². The van der Waals surface area contributed by atoms with Crippen molar-refractivity contribution < 1.29 is 14.3 Å². The fourth-order valence-corrected chi connectivity index (χ4v) is 6.46. The zero-order valence-corrected chi connectivity index (χ0v) is 21.1. The average Bonchev–Trinajstić information content (AvgIpc) is 3.57. The first kappa shape index (κ1) is 22.2. The number of carbonyl (C=O) groups is 1. The minimum Gasteiger partial charge on any atom is -0.465 e. The summed E-state index contributed by atoms with van der Waals surface area (Å²) in [7, 11) is 3.44. The predicted octanol–water partition coefficient (Wildman–Crippen LogP) is 3.42. The molecular weight excluding hydrogens is 464 g/mol. The van der Waals surface area contributed by atoms with Crippen molar-refractivity contribution in [3.05, 3.63) is 47.5 Å². The van der Waals surface area contributed by atoms with E-state index in [1.807, 2.05) is 31.6 Å². The van der Waals surface area contributed by atoms with Gasteiger partial charge in [0.15, 0.2) is 11.0 Å². The Morgan fingerprint density at radius 1 is 1.34 bits per heavy atom. The molecule has 0 bridgehead atoms. The van der Waals surface area contributed by atoms with Crippen LogP contribution >= 0.6 is 11.3 Å². The van der Waals surface area contributed by atoms with Gasteiger partial charge in [0, 0.05) is 42.7 Å². The third-order valence-electron chi connectivity index (χ3n) is 7.11. The van der Waals surface area contributed by atoms with Crippen LogP contribution in [0.25, 0.3) is 21.6 Å². The Labute approximate surface area is 207 Å². The van der Waals surface area contributed by atoms with E-state index in [4.69, 9.17) is 14.5 Å². The fraction of sp³-hybridized carbons (Fsp3) is 0.440.